The van der Waals surface area contributed by atoms with Crippen LogP contribution in [0.4, 0.5) is 11.4 Å². The monoisotopic (exact) mass is 446 g/mol. The fourth-order valence-electron chi connectivity index (χ4n) is 3.34. The molecule has 33 heavy (non-hydrogen) atoms. The number of carbonyl (C=O) groups excluding carboxylic acids is 3. The zero-order valence-corrected chi connectivity index (χ0v) is 18.4. The molecule has 0 aliphatic heterocycles. The number of anilines is 1. The first-order chi connectivity index (χ1) is 15.7. The summed E-state index contributed by atoms with van der Waals surface area (Å²) in [5, 5.41) is 13.6. The van der Waals surface area contributed by atoms with E-state index >= 15 is 0 Å². The standard InChI is InChI=1S/C25H22N2O6/c1-15-11-12-16(2)20(13-15)24(29)18-8-4-5-9-19(18)25(30)33-14-22(28)26-23-17(3)7-6-10-21(23)27(31)32/h4-13H,14H2,1-3H3,(H,26,28). The Morgan fingerprint density at radius 1 is 0.879 bits per heavy atom. The summed E-state index contributed by atoms with van der Waals surface area (Å²) in [7, 11) is 0. The van der Waals surface area contributed by atoms with E-state index in [1.54, 1.807) is 31.2 Å². The van der Waals surface area contributed by atoms with Crippen LogP contribution in [0.15, 0.2) is 60.7 Å². The predicted molar refractivity (Wildman–Crippen MR) is 123 cm³/mol. The molecular formula is C25H22N2O6. The van der Waals surface area contributed by atoms with Gasteiger partial charge in [-0.25, -0.2) is 4.79 Å². The minimum absolute atomic E-state index is 0.0260. The molecule has 3 rings (SSSR count). The Morgan fingerprint density at radius 3 is 2.27 bits per heavy atom. The summed E-state index contributed by atoms with van der Waals surface area (Å²) in [5.41, 5.74) is 2.60. The molecule has 1 amide bonds. The highest BCUT2D eigenvalue weighted by Crippen LogP contribution is 2.27. The van der Waals surface area contributed by atoms with Crippen molar-refractivity contribution >= 4 is 29.0 Å². The molecule has 0 spiro atoms. The molecule has 0 saturated heterocycles. The van der Waals surface area contributed by atoms with Gasteiger partial charge in [0.1, 0.15) is 5.69 Å². The third-order valence-corrected chi connectivity index (χ3v) is 5.08. The summed E-state index contributed by atoms with van der Waals surface area (Å²) in [6.45, 7) is 4.62. The van der Waals surface area contributed by atoms with Gasteiger partial charge in [0.25, 0.3) is 11.6 Å². The van der Waals surface area contributed by atoms with Gasteiger partial charge in [-0.2, -0.15) is 0 Å². The lowest BCUT2D eigenvalue weighted by Crippen LogP contribution is -2.23. The van der Waals surface area contributed by atoms with Crippen LogP contribution in [0, 0.1) is 30.9 Å². The maximum atomic E-state index is 13.1. The number of hydrogen-bond acceptors (Lipinski definition) is 6. The van der Waals surface area contributed by atoms with Crippen LogP contribution < -0.4 is 5.32 Å². The second-order valence-corrected chi connectivity index (χ2v) is 7.54. The lowest BCUT2D eigenvalue weighted by molar-refractivity contribution is -0.384. The largest absolute Gasteiger partial charge is 0.452 e. The average Bonchev–Trinajstić information content (AvgIpc) is 2.79. The maximum Gasteiger partial charge on any atom is 0.339 e. The van der Waals surface area contributed by atoms with Crippen molar-refractivity contribution in [2.24, 2.45) is 0 Å². The normalized spacial score (nSPS) is 10.4. The fourth-order valence-corrected chi connectivity index (χ4v) is 3.34. The van der Waals surface area contributed by atoms with E-state index < -0.39 is 23.4 Å². The van der Waals surface area contributed by atoms with Gasteiger partial charge in [-0.3, -0.25) is 19.7 Å². The molecule has 168 valence electrons. The number of carbonyl (C=O) groups is 3. The Labute approximate surface area is 190 Å². The van der Waals surface area contributed by atoms with Crippen LogP contribution in [0.5, 0.6) is 0 Å². The number of nitrogens with one attached hydrogen (secondary N) is 1. The Hall–Kier alpha value is -4.33. The van der Waals surface area contributed by atoms with Crippen LogP contribution in [0.1, 0.15) is 43.0 Å². The summed E-state index contributed by atoms with van der Waals surface area (Å²) in [6, 6.07) is 16.1. The average molecular weight is 446 g/mol. The van der Waals surface area contributed by atoms with Gasteiger partial charge < -0.3 is 10.1 Å². The molecule has 0 heterocycles. The van der Waals surface area contributed by atoms with Crippen molar-refractivity contribution in [1.29, 1.82) is 0 Å². The molecule has 0 unspecified atom stereocenters. The topological polar surface area (TPSA) is 116 Å². The van der Waals surface area contributed by atoms with Crippen molar-refractivity contribution in [3.8, 4) is 0 Å². The smallest absolute Gasteiger partial charge is 0.339 e. The molecule has 0 saturated carbocycles. The SMILES string of the molecule is Cc1ccc(C)c(C(=O)c2ccccc2C(=O)OCC(=O)Nc2c(C)cccc2[N+](=O)[O-])c1. The number of hydrogen-bond donors (Lipinski definition) is 1. The van der Waals surface area contributed by atoms with E-state index in [1.807, 2.05) is 26.0 Å². The summed E-state index contributed by atoms with van der Waals surface area (Å²) >= 11 is 0. The Bertz CT molecular complexity index is 1270. The molecule has 8 nitrogen and oxygen atoms in total. The van der Waals surface area contributed by atoms with Gasteiger partial charge in [-0.1, -0.05) is 48.0 Å². The number of esters is 1. The molecule has 0 radical (unpaired) electrons. The molecule has 3 aromatic rings. The van der Waals surface area contributed by atoms with E-state index in [4.69, 9.17) is 4.74 Å². The highest BCUT2D eigenvalue weighted by molar-refractivity contribution is 6.15. The lowest BCUT2D eigenvalue weighted by Gasteiger charge is -2.12. The second-order valence-electron chi connectivity index (χ2n) is 7.54. The minimum Gasteiger partial charge on any atom is -0.452 e. The first-order valence-electron chi connectivity index (χ1n) is 10.1. The molecule has 8 heteroatoms. The van der Waals surface area contributed by atoms with Crippen molar-refractivity contribution in [3.05, 3.63) is 104 Å². The van der Waals surface area contributed by atoms with Gasteiger partial charge >= 0.3 is 5.97 Å². The molecule has 1 N–H and O–H groups in total. The van der Waals surface area contributed by atoms with Gasteiger partial charge in [0.2, 0.25) is 0 Å². The van der Waals surface area contributed by atoms with E-state index in [0.717, 1.165) is 11.1 Å². The highest BCUT2D eigenvalue weighted by atomic mass is 16.6. The van der Waals surface area contributed by atoms with Crippen molar-refractivity contribution in [1.82, 2.24) is 0 Å². The Balaban J connectivity index is 1.76. The number of rotatable bonds is 7. The predicted octanol–water partition coefficient (Wildman–Crippen LogP) is 4.55. The number of para-hydroxylation sites is 1. The third-order valence-electron chi connectivity index (χ3n) is 5.08. The quantitative estimate of drug-likeness (QED) is 0.246. The van der Waals surface area contributed by atoms with Gasteiger partial charge in [-0.15, -0.1) is 0 Å². The number of aryl methyl sites for hydroxylation is 3. The summed E-state index contributed by atoms with van der Waals surface area (Å²) in [5.74, 6) is -1.92. The van der Waals surface area contributed by atoms with Gasteiger partial charge in [0.05, 0.1) is 10.5 Å². The Kier molecular flexibility index (Phi) is 6.97. The van der Waals surface area contributed by atoms with Crippen LogP contribution in [-0.2, 0) is 9.53 Å². The van der Waals surface area contributed by atoms with Crippen molar-refractivity contribution < 1.29 is 24.0 Å². The van der Waals surface area contributed by atoms with Crippen LogP contribution in [0.2, 0.25) is 0 Å². The number of nitro groups is 1. The molecule has 3 aromatic carbocycles. The molecule has 0 atom stereocenters. The molecule has 0 aromatic heterocycles. The number of ether oxygens (including phenoxy) is 1. The van der Waals surface area contributed by atoms with Gasteiger partial charge in [0.15, 0.2) is 12.4 Å². The number of benzene rings is 3. The van der Waals surface area contributed by atoms with E-state index in [0.29, 0.717) is 11.1 Å². The van der Waals surface area contributed by atoms with Crippen molar-refractivity contribution in [2.75, 3.05) is 11.9 Å². The number of nitrogens with zero attached hydrogens (tertiary/aromatic N) is 1. The first kappa shape index (κ1) is 23.3. The van der Waals surface area contributed by atoms with Crippen molar-refractivity contribution in [3.63, 3.8) is 0 Å². The number of nitro benzene ring substituents is 1. The zero-order chi connectivity index (χ0) is 24.1. The number of amides is 1. The first-order valence-corrected chi connectivity index (χ1v) is 10.1. The van der Waals surface area contributed by atoms with Crippen LogP contribution in [0.25, 0.3) is 0 Å². The third kappa shape index (κ3) is 5.30. The zero-order valence-electron chi connectivity index (χ0n) is 18.4. The minimum atomic E-state index is -0.848. The highest BCUT2D eigenvalue weighted by Gasteiger charge is 2.22. The van der Waals surface area contributed by atoms with E-state index in [1.165, 1.54) is 24.3 Å². The lowest BCUT2D eigenvalue weighted by atomic mass is 9.94. The molecule has 0 aliphatic carbocycles. The maximum absolute atomic E-state index is 13.1. The van der Waals surface area contributed by atoms with E-state index in [9.17, 15) is 24.5 Å². The van der Waals surface area contributed by atoms with E-state index in [2.05, 4.69) is 5.32 Å². The molecule has 0 fully saturated rings. The summed E-state index contributed by atoms with van der Waals surface area (Å²) in [4.78, 5) is 48.7. The summed E-state index contributed by atoms with van der Waals surface area (Å²) in [6.07, 6.45) is 0. The van der Waals surface area contributed by atoms with Crippen LogP contribution in [0.3, 0.4) is 0 Å². The summed E-state index contributed by atoms with van der Waals surface area (Å²) < 4.78 is 5.11. The molecule has 0 aliphatic rings. The van der Waals surface area contributed by atoms with Crippen molar-refractivity contribution in [2.45, 2.75) is 20.8 Å². The Morgan fingerprint density at radius 2 is 1.58 bits per heavy atom. The van der Waals surface area contributed by atoms with Crippen LogP contribution >= 0.6 is 0 Å². The van der Waals surface area contributed by atoms with Crippen LogP contribution in [-0.4, -0.2) is 29.2 Å². The number of ketones is 1. The van der Waals surface area contributed by atoms with E-state index in [-0.39, 0.29) is 28.3 Å². The second kappa shape index (κ2) is 9.86. The van der Waals surface area contributed by atoms with Gasteiger partial charge in [-0.05, 0) is 44.0 Å². The molecule has 0 bridgehead atoms. The molecular weight excluding hydrogens is 424 g/mol. The van der Waals surface area contributed by atoms with Gasteiger partial charge in [0, 0.05) is 17.2 Å². The fraction of sp³-hybridized carbons (Fsp3) is 0.160.